The monoisotopic (exact) mass is 325 g/mol. The first-order chi connectivity index (χ1) is 10.0. The summed E-state index contributed by atoms with van der Waals surface area (Å²) in [6, 6.07) is 7.34. The van der Waals surface area contributed by atoms with E-state index in [0.29, 0.717) is 22.7 Å². The van der Waals surface area contributed by atoms with Crippen molar-refractivity contribution < 1.29 is 4.79 Å². The van der Waals surface area contributed by atoms with Gasteiger partial charge in [-0.3, -0.25) is 4.79 Å². The molecule has 3 N–H and O–H groups in total. The lowest BCUT2D eigenvalue weighted by molar-refractivity contribution is -0.116. The number of nitrogens with zero attached hydrogens (tertiary/aromatic N) is 1. The van der Waals surface area contributed by atoms with E-state index >= 15 is 0 Å². The number of carbonyl (C=O) groups excluding carboxylic acids is 1. The number of benzene rings is 1. The summed E-state index contributed by atoms with van der Waals surface area (Å²) in [5.74, 6) is 1.11. The van der Waals surface area contributed by atoms with Crippen LogP contribution in [0.1, 0.15) is 18.4 Å². The lowest BCUT2D eigenvalue weighted by atomic mass is 10.1. The molecule has 0 atom stereocenters. The Labute approximate surface area is 136 Å². The molecule has 0 aliphatic rings. The number of amides is 1. The van der Waals surface area contributed by atoms with Gasteiger partial charge in [-0.2, -0.15) is 11.8 Å². The van der Waals surface area contributed by atoms with Crippen molar-refractivity contribution in [3.63, 3.8) is 0 Å². The maximum atomic E-state index is 12.0. The normalized spacial score (nSPS) is 10.6. The maximum Gasteiger partial charge on any atom is 0.224 e. The molecule has 0 heterocycles. The van der Waals surface area contributed by atoms with Crippen LogP contribution in [0.15, 0.2) is 24.3 Å². The van der Waals surface area contributed by atoms with Crippen molar-refractivity contribution in [3.05, 3.63) is 29.8 Å². The molecule has 0 saturated heterocycles. The minimum absolute atomic E-state index is 0.00281. The van der Waals surface area contributed by atoms with Crippen LogP contribution in [0.5, 0.6) is 0 Å². The van der Waals surface area contributed by atoms with Crippen LogP contribution in [0.4, 0.5) is 5.69 Å². The molecule has 4 nitrogen and oxygen atoms in total. The fourth-order valence-corrected chi connectivity index (χ4v) is 2.56. The van der Waals surface area contributed by atoms with Gasteiger partial charge < -0.3 is 16.0 Å². The van der Waals surface area contributed by atoms with E-state index in [4.69, 9.17) is 18.0 Å². The van der Waals surface area contributed by atoms with Crippen LogP contribution in [0, 0.1) is 0 Å². The van der Waals surface area contributed by atoms with Crippen LogP contribution in [0.2, 0.25) is 0 Å². The Bertz CT molecular complexity index is 480. The summed E-state index contributed by atoms with van der Waals surface area (Å²) in [5.41, 5.74) is 7.04. The van der Waals surface area contributed by atoms with Gasteiger partial charge in [0, 0.05) is 24.3 Å². The summed E-state index contributed by atoms with van der Waals surface area (Å²) in [6.07, 6.45) is 3.43. The van der Waals surface area contributed by atoms with E-state index in [0.717, 1.165) is 25.3 Å². The number of para-hydroxylation sites is 1. The van der Waals surface area contributed by atoms with Crippen LogP contribution in [-0.4, -0.2) is 47.9 Å². The molecule has 0 aliphatic heterocycles. The molecular weight excluding hydrogens is 302 g/mol. The SMILES string of the molecule is CSCCN(C)CCCC(=O)Nc1ccccc1C(N)=S. The third-order valence-electron chi connectivity index (χ3n) is 3.09. The van der Waals surface area contributed by atoms with Crippen molar-refractivity contribution in [2.24, 2.45) is 5.73 Å². The number of rotatable bonds is 9. The van der Waals surface area contributed by atoms with Crippen molar-refractivity contribution in [3.8, 4) is 0 Å². The zero-order chi connectivity index (χ0) is 15.7. The molecular formula is C15H23N3OS2. The number of anilines is 1. The standard InChI is InChI=1S/C15H23N3OS2/c1-18(10-11-21-2)9-5-8-14(19)17-13-7-4-3-6-12(13)15(16)20/h3-4,6-7H,5,8-11H2,1-2H3,(H2,16,20)(H,17,19). The minimum atomic E-state index is -0.00281. The zero-order valence-electron chi connectivity index (χ0n) is 12.6. The molecule has 0 spiro atoms. The van der Waals surface area contributed by atoms with Crippen LogP contribution in [-0.2, 0) is 4.79 Å². The molecule has 116 valence electrons. The Morgan fingerprint density at radius 1 is 1.38 bits per heavy atom. The molecule has 0 saturated carbocycles. The highest BCUT2D eigenvalue weighted by Gasteiger charge is 2.08. The van der Waals surface area contributed by atoms with Crippen LogP contribution in [0.25, 0.3) is 0 Å². The van der Waals surface area contributed by atoms with Crippen LogP contribution in [0.3, 0.4) is 0 Å². The van der Waals surface area contributed by atoms with Crippen molar-refractivity contribution in [1.29, 1.82) is 0 Å². The summed E-state index contributed by atoms with van der Waals surface area (Å²) in [5, 5.41) is 2.88. The Kier molecular flexibility index (Phi) is 8.34. The van der Waals surface area contributed by atoms with Crippen molar-refractivity contribution in [2.45, 2.75) is 12.8 Å². The number of thioether (sulfide) groups is 1. The Morgan fingerprint density at radius 2 is 2.10 bits per heavy atom. The van der Waals surface area contributed by atoms with Crippen molar-refractivity contribution in [2.75, 3.05) is 37.5 Å². The van der Waals surface area contributed by atoms with E-state index in [1.54, 1.807) is 0 Å². The first-order valence-corrected chi connectivity index (χ1v) is 8.71. The molecule has 1 aromatic carbocycles. The Morgan fingerprint density at radius 3 is 2.76 bits per heavy atom. The first kappa shape index (κ1) is 17.9. The molecule has 0 unspecified atom stereocenters. The lowest BCUT2D eigenvalue weighted by Crippen LogP contribution is -2.24. The molecule has 1 rings (SSSR count). The predicted molar refractivity (Wildman–Crippen MR) is 96.1 cm³/mol. The van der Waals surface area contributed by atoms with Gasteiger partial charge in [-0.1, -0.05) is 24.4 Å². The minimum Gasteiger partial charge on any atom is -0.389 e. The molecule has 21 heavy (non-hydrogen) atoms. The fraction of sp³-hybridized carbons (Fsp3) is 0.467. The number of thiocarbonyl (C=S) groups is 1. The largest absolute Gasteiger partial charge is 0.389 e. The Hall–Kier alpha value is -1.11. The van der Waals surface area contributed by atoms with Crippen LogP contribution >= 0.6 is 24.0 Å². The highest BCUT2D eigenvalue weighted by atomic mass is 32.2. The summed E-state index contributed by atoms with van der Waals surface area (Å²) in [4.78, 5) is 14.5. The first-order valence-electron chi connectivity index (χ1n) is 6.90. The van der Waals surface area contributed by atoms with E-state index in [2.05, 4.69) is 23.5 Å². The molecule has 0 aromatic heterocycles. The number of nitrogens with one attached hydrogen (secondary N) is 1. The molecule has 0 aliphatic carbocycles. The zero-order valence-corrected chi connectivity index (χ0v) is 14.2. The van der Waals surface area contributed by atoms with E-state index in [1.807, 2.05) is 36.0 Å². The second kappa shape index (κ2) is 9.76. The second-order valence-corrected chi connectivity index (χ2v) is 6.28. The molecule has 0 bridgehead atoms. The molecule has 6 heteroatoms. The number of hydrogen-bond donors (Lipinski definition) is 2. The lowest BCUT2D eigenvalue weighted by Gasteiger charge is -2.15. The van der Waals surface area contributed by atoms with E-state index in [-0.39, 0.29) is 5.91 Å². The average molecular weight is 326 g/mol. The number of nitrogens with two attached hydrogens (primary N) is 1. The van der Waals surface area contributed by atoms with Gasteiger partial charge in [0.1, 0.15) is 4.99 Å². The summed E-state index contributed by atoms with van der Waals surface area (Å²) >= 11 is 6.81. The average Bonchev–Trinajstić information content (AvgIpc) is 2.45. The number of hydrogen-bond acceptors (Lipinski definition) is 4. The van der Waals surface area contributed by atoms with Gasteiger partial charge in [-0.15, -0.1) is 0 Å². The van der Waals surface area contributed by atoms with E-state index in [1.165, 1.54) is 0 Å². The van der Waals surface area contributed by atoms with Gasteiger partial charge in [-0.25, -0.2) is 0 Å². The number of carbonyl (C=O) groups is 1. The summed E-state index contributed by atoms with van der Waals surface area (Å²) in [7, 11) is 2.08. The molecule has 0 radical (unpaired) electrons. The van der Waals surface area contributed by atoms with Gasteiger partial charge in [0.2, 0.25) is 5.91 Å². The van der Waals surface area contributed by atoms with Gasteiger partial charge in [-0.05, 0) is 38.4 Å². The predicted octanol–water partition coefficient (Wildman–Crippen LogP) is 2.33. The van der Waals surface area contributed by atoms with Crippen LogP contribution < -0.4 is 11.1 Å². The van der Waals surface area contributed by atoms with Gasteiger partial charge in [0.15, 0.2) is 0 Å². The maximum absolute atomic E-state index is 12.0. The second-order valence-electron chi connectivity index (χ2n) is 4.86. The molecule has 1 aromatic rings. The highest BCUT2D eigenvalue weighted by Crippen LogP contribution is 2.15. The van der Waals surface area contributed by atoms with E-state index in [9.17, 15) is 4.79 Å². The van der Waals surface area contributed by atoms with Gasteiger partial charge in [0.25, 0.3) is 0 Å². The topological polar surface area (TPSA) is 58.4 Å². The Balaban J connectivity index is 2.39. The molecule has 0 fully saturated rings. The highest BCUT2D eigenvalue weighted by molar-refractivity contribution is 7.98. The fourth-order valence-electron chi connectivity index (χ4n) is 1.89. The smallest absolute Gasteiger partial charge is 0.224 e. The van der Waals surface area contributed by atoms with Gasteiger partial charge in [0.05, 0.1) is 5.69 Å². The summed E-state index contributed by atoms with van der Waals surface area (Å²) < 4.78 is 0. The third-order valence-corrected chi connectivity index (χ3v) is 3.90. The van der Waals surface area contributed by atoms with Crippen molar-refractivity contribution >= 4 is 40.6 Å². The molecule has 1 amide bonds. The third kappa shape index (κ3) is 6.93. The summed E-state index contributed by atoms with van der Waals surface area (Å²) in [6.45, 7) is 1.97. The van der Waals surface area contributed by atoms with E-state index < -0.39 is 0 Å². The van der Waals surface area contributed by atoms with Crippen molar-refractivity contribution in [1.82, 2.24) is 4.90 Å². The quantitative estimate of drug-likeness (QED) is 0.683. The van der Waals surface area contributed by atoms with Gasteiger partial charge >= 0.3 is 0 Å².